The summed E-state index contributed by atoms with van der Waals surface area (Å²) in [5, 5.41) is 4.89. The monoisotopic (exact) mass is 390 g/mol. The molecule has 0 saturated heterocycles. The average Bonchev–Trinajstić information content (AvgIpc) is 3.43. The standard InChI is InChI=1S/C22H18N2O3S/c25-21(23-13-16-6-2-1-3-7-16)17-8-4-9-19(12-17)26-14-18-15-27-22(24-18)20-10-5-11-28-20/h1-12,15H,13-14H2,(H,23,25). The van der Waals surface area contributed by atoms with Crippen LogP contribution < -0.4 is 10.1 Å². The van der Waals surface area contributed by atoms with Crippen molar-refractivity contribution in [2.45, 2.75) is 13.2 Å². The predicted molar refractivity (Wildman–Crippen MR) is 108 cm³/mol. The van der Waals surface area contributed by atoms with Crippen LogP contribution in [0.4, 0.5) is 0 Å². The first-order chi connectivity index (χ1) is 13.8. The maximum atomic E-state index is 12.4. The van der Waals surface area contributed by atoms with Gasteiger partial charge in [0.25, 0.3) is 5.91 Å². The first-order valence-electron chi connectivity index (χ1n) is 8.81. The van der Waals surface area contributed by atoms with Gasteiger partial charge in [-0.05, 0) is 35.2 Å². The Morgan fingerprint density at radius 2 is 1.96 bits per heavy atom. The molecule has 0 aliphatic rings. The molecule has 1 N–H and O–H groups in total. The van der Waals surface area contributed by atoms with E-state index in [1.807, 2.05) is 53.9 Å². The van der Waals surface area contributed by atoms with Gasteiger partial charge in [-0.15, -0.1) is 11.3 Å². The number of thiophene rings is 1. The zero-order valence-electron chi connectivity index (χ0n) is 15.0. The normalized spacial score (nSPS) is 10.6. The maximum absolute atomic E-state index is 12.4. The number of rotatable bonds is 7. The molecule has 0 atom stereocenters. The van der Waals surface area contributed by atoms with Crippen LogP contribution in [0.5, 0.6) is 5.75 Å². The largest absolute Gasteiger partial charge is 0.487 e. The van der Waals surface area contributed by atoms with Crippen molar-refractivity contribution in [3.63, 3.8) is 0 Å². The topological polar surface area (TPSA) is 64.4 Å². The van der Waals surface area contributed by atoms with E-state index >= 15 is 0 Å². The van der Waals surface area contributed by atoms with Gasteiger partial charge < -0.3 is 14.5 Å². The van der Waals surface area contributed by atoms with Crippen molar-refractivity contribution in [1.29, 1.82) is 0 Å². The van der Waals surface area contributed by atoms with Crippen LogP contribution in [0.2, 0.25) is 0 Å². The van der Waals surface area contributed by atoms with Gasteiger partial charge >= 0.3 is 0 Å². The second-order valence-electron chi connectivity index (χ2n) is 6.11. The van der Waals surface area contributed by atoms with Gasteiger partial charge in [0.1, 0.15) is 24.3 Å². The second kappa shape index (κ2) is 8.54. The SMILES string of the molecule is O=C(NCc1ccccc1)c1cccc(OCc2coc(-c3cccs3)n2)c1. The maximum Gasteiger partial charge on any atom is 0.251 e. The number of nitrogens with zero attached hydrogens (tertiary/aromatic N) is 1. The summed E-state index contributed by atoms with van der Waals surface area (Å²) in [5.41, 5.74) is 2.30. The van der Waals surface area contributed by atoms with Crippen molar-refractivity contribution >= 4 is 17.2 Å². The predicted octanol–water partition coefficient (Wildman–Crippen LogP) is 4.91. The highest BCUT2D eigenvalue weighted by molar-refractivity contribution is 7.13. The third-order valence-electron chi connectivity index (χ3n) is 4.06. The second-order valence-corrected chi connectivity index (χ2v) is 7.05. The van der Waals surface area contributed by atoms with E-state index in [4.69, 9.17) is 9.15 Å². The number of hydrogen-bond acceptors (Lipinski definition) is 5. The smallest absolute Gasteiger partial charge is 0.251 e. The van der Waals surface area contributed by atoms with Gasteiger partial charge in [0.15, 0.2) is 0 Å². The Labute approximate surface area is 166 Å². The number of oxazole rings is 1. The number of benzene rings is 2. The lowest BCUT2D eigenvalue weighted by molar-refractivity contribution is 0.0950. The highest BCUT2D eigenvalue weighted by Gasteiger charge is 2.10. The summed E-state index contributed by atoms with van der Waals surface area (Å²) in [7, 11) is 0. The van der Waals surface area contributed by atoms with E-state index in [1.165, 1.54) is 0 Å². The molecular weight excluding hydrogens is 372 g/mol. The zero-order chi connectivity index (χ0) is 19.2. The van der Waals surface area contributed by atoms with Gasteiger partial charge in [-0.2, -0.15) is 0 Å². The van der Waals surface area contributed by atoms with Gasteiger partial charge in [-0.25, -0.2) is 4.98 Å². The molecular formula is C22H18N2O3S. The van der Waals surface area contributed by atoms with E-state index in [0.29, 0.717) is 29.4 Å². The quantitative estimate of drug-likeness (QED) is 0.487. The molecule has 1 amide bonds. The minimum Gasteiger partial charge on any atom is -0.487 e. The minimum absolute atomic E-state index is 0.143. The molecule has 2 aromatic carbocycles. The number of nitrogens with one attached hydrogen (secondary N) is 1. The molecule has 0 aliphatic carbocycles. The lowest BCUT2D eigenvalue weighted by Crippen LogP contribution is -2.22. The fraction of sp³-hybridized carbons (Fsp3) is 0.0909. The molecule has 0 spiro atoms. The van der Waals surface area contributed by atoms with Crippen LogP contribution in [0.25, 0.3) is 10.8 Å². The highest BCUT2D eigenvalue weighted by atomic mass is 32.1. The Kier molecular flexibility index (Phi) is 5.49. The van der Waals surface area contributed by atoms with Gasteiger partial charge in [0.05, 0.1) is 4.88 Å². The average molecular weight is 390 g/mol. The van der Waals surface area contributed by atoms with Crippen molar-refractivity contribution in [1.82, 2.24) is 10.3 Å². The summed E-state index contributed by atoms with van der Waals surface area (Å²) < 4.78 is 11.3. The Morgan fingerprint density at radius 3 is 2.79 bits per heavy atom. The number of hydrogen-bond donors (Lipinski definition) is 1. The van der Waals surface area contributed by atoms with Gasteiger partial charge in [0.2, 0.25) is 5.89 Å². The molecule has 4 rings (SSSR count). The molecule has 2 aromatic heterocycles. The highest BCUT2D eigenvalue weighted by Crippen LogP contribution is 2.24. The third kappa shape index (κ3) is 4.47. The van der Waals surface area contributed by atoms with E-state index in [0.717, 1.165) is 10.4 Å². The molecule has 0 aliphatic heterocycles. The molecule has 4 aromatic rings. The Hall–Kier alpha value is -3.38. The summed E-state index contributed by atoms with van der Waals surface area (Å²) in [6.07, 6.45) is 1.59. The van der Waals surface area contributed by atoms with E-state index in [1.54, 1.807) is 35.8 Å². The fourth-order valence-electron chi connectivity index (χ4n) is 2.65. The van der Waals surface area contributed by atoms with Crippen LogP contribution in [-0.2, 0) is 13.2 Å². The lowest BCUT2D eigenvalue weighted by atomic mass is 10.2. The van der Waals surface area contributed by atoms with Crippen LogP contribution in [0.1, 0.15) is 21.6 Å². The van der Waals surface area contributed by atoms with Crippen molar-refractivity contribution in [3.05, 3.63) is 95.2 Å². The van der Waals surface area contributed by atoms with Crippen molar-refractivity contribution in [3.8, 4) is 16.5 Å². The first-order valence-corrected chi connectivity index (χ1v) is 9.69. The molecule has 0 saturated carbocycles. The summed E-state index contributed by atoms with van der Waals surface area (Å²) >= 11 is 1.57. The summed E-state index contributed by atoms with van der Waals surface area (Å²) in [6, 6.07) is 20.8. The number of amides is 1. The van der Waals surface area contributed by atoms with Gasteiger partial charge in [-0.3, -0.25) is 4.79 Å². The zero-order valence-corrected chi connectivity index (χ0v) is 15.8. The molecule has 0 unspecified atom stereocenters. The summed E-state index contributed by atoms with van der Waals surface area (Å²) in [5.74, 6) is 1.05. The van der Waals surface area contributed by atoms with Crippen LogP contribution >= 0.6 is 11.3 Å². The molecule has 28 heavy (non-hydrogen) atoms. The van der Waals surface area contributed by atoms with Gasteiger partial charge in [-0.1, -0.05) is 42.5 Å². The number of ether oxygens (including phenoxy) is 1. The number of aromatic nitrogens is 1. The van der Waals surface area contributed by atoms with Gasteiger partial charge in [0, 0.05) is 12.1 Å². The molecule has 140 valence electrons. The Morgan fingerprint density at radius 1 is 1.07 bits per heavy atom. The number of carbonyl (C=O) groups is 1. The van der Waals surface area contributed by atoms with Crippen LogP contribution in [0.15, 0.2) is 82.8 Å². The van der Waals surface area contributed by atoms with E-state index in [-0.39, 0.29) is 12.5 Å². The van der Waals surface area contributed by atoms with E-state index in [2.05, 4.69) is 10.3 Å². The molecule has 0 fully saturated rings. The number of carbonyl (C=O) groups excluding carboxylic acids is 1. The van der Waals surface area contributed by atoms with Crippen molar-refractivity contribution in [2.24, 2.45) is 0 Å². The Balaban J connectivity index is 1.35. The molecule has 0 bridgehead atoms. The lowest BCUT2D eigenvalue weighted by Gasteiger charge is -2.08. The third-order valence-corrected chi connectivity index (χ3v) is 4.92. The van der Waals surface area contributed by atoms with E-state index in [9.17, 15) is 4.79 Å². The van der Waals surface area contributed by atoms with Crippen LogP contribution in [0, 0.1) is 0 Å². The summed E-state index contributed by atoms with van der Waals surface area (Å²) in [6.45, 7) is 0.749. The van der Waals surface area contributed by atoms with E-state index < -0.39 is 0 Å². The Bertz CT molecular complexity index is 1040. The summed E-state index contributed by atoms with van der Waals surface area (Å²) in [4.78, 5) is 17.8. The van der Waals surface area contributed by atoms with Crippen molar-refractivity contribution < 1.29 is 13.9 Å². The molecule has 0 radical (unpaired) electrons. The molecule has 5 nitrogen and oxygen atoms in total. The van der Waals surface area contributed by atoms with Crippen molar-refractivity contribution in [2.75, 3.05) is 0 Å². The molecule has 6 heteroatoms. The van der Waals surface area contributed by atoms with Crippen LogP contribution in [0.3, 0.4) is 0 Å². The van der Waals surface area contributed by atoms with Crippen LogP contribution in [-0.4, -0.2) is 10.9 Å². The molecule has 2 heterocycles. The minimum atomic E-state index is -0.143. The fourth-order valence-corrected chi connectivity index (χ4v) is 3.31. The first kappa shape index (κ1) is 18.0.